The second-order valence-corrected chi connectivity index (χ2v) is 6.94. The molecule has 0 saturated carbocycles. The Bertz CT molecular complexity index is 507. The van der Waals surface area contributed by atoms with Crippen LogP contribution in [0.25, 0.3) is 0 Å². The molecule has 1 rings (SSSR count). The Kier molecular flexibility index (Phi) is 8.54. The molecule has 8 heteroatoms. The lowest BCUT2D eigenvalue weighted by molar-refractivity contribution is -0.138. The highest BCUT2D eigenvalue weighted by atomic mass is 16.6. The van der Waals surface area contributed by atoms with Crippen molar-refractivity contribution in [3.05, 3.63) is 0 Å². The first-order valence-electron chi connectivity index (χ1n) is 8.74. The van der Waals surface area contributed by atoms with Crippen LogP contribution in [0.3, 0.4) is 0 Å². The zero-order chi connectivity index (χ0) is 19.0. The molecule has 0 aromatic rings. The van der Waals surface area contributed by atoms with Gasteiger partial charge in [-0.25, -0.2) is 4.79 Å². The monoisotopic (exact) mass is 355 g/mol. The number of carboxylic acid groups (broad SMARTS) is 1. The Labute approximate surface area is 148 Å². The van der Waals surface area contributed by atoms with E-state index in [0.29, 0.717) is 19.4 Å². The zero-order valence-corrected chi connectivity index (χ0v) is 14.9. The van der Waals surface area contributed by atoms with Gasteiger partial charge in [0.25, 0.3) is 0 Å². The molecule has 0 aliphatic carbocycles. The van der Waals surface area contributed by atoms with Gasteiger partial charge in [-0.3, -0.25) is 15.0 Å². The maximum Gasteiger partial charge on any atom is 0.336 e. The van der Waals surface area contributed by atoms with Gasteiger partial charge in [0, 0.05) is 25.3 Å². The lowest BCUT2D eigenvalue weighted by atomic mass is 9.90. The molecule has 0 radical (unpaired) electrons. The van der Waals surface area contributed by atoms with Crippen LogP contribution in [-0.4, -0.2) is 47.4 Å². The second kappa shape index (κ2) is 10.1. The minimum absolute atomic E-state index is 0.00277. The topological polar surface area (TPSA) is 146 Å². The predicted octanol–water partition coefficient (Wildman–Crippen LogP) is 1.07. The summed E-state index contributed by atoms with van der Waals surface area (Å²) >= 11 is 0. The third-order valence-electron chi connectivity index (χ3n) is 4.05. The number of amidine groups is 1. The molecule has 0 spiro atoms. The lowest BCUT2D eigenvalue weighted by Crippen LogP contribution is -2.34. The summed E-state index contributed by atoms with van der Waals surface area (Å²) in [6, 6.07) is 0. The smallest absolute Gasteiger partial charge is 0.336 e. The number of carboxylic acids is 1. The Morgan fingerprint density at radius 2 is 1.88 bits per heavy atom. The molecule has 1 saturated heterocycles. The number of epoxide rings is 1. The summed E-state index contributed by atoms with van der Waals surface area (Å²) in [6.07, 6.45) is 1.62. The molecule has 0 aromatic heterocycles. The molecule has 0 bridgehead atoms. The van der Waals surface area contributed by atoms with Crippen molar-refractivity contribution in [1.29, 1.82) is 5.41 Å². The third-order valence-corrected chi connectivity index (χ3v) is 4.05. The number of ether oxygens (including phenoxy) is 1. The summed E-state index contributed by atoms with van der Waals surface area (Å²) in [5.74, 6) is -1.70. The quantitative estimate of drug-likeness (QED) is 0.168. The normalized spacial score (nSPS) is 20.1. The van der Waals surface area contributed by atoms with Gasteiger partial charge < -0.3 is 20.9 Å². The van der Waals surface area contributed by atoms with Crippen LogP contribution in [0.4, 0.5) is 0 Å². The first-order chi connectivity index (χ1) is 11.7. The van der Waals surface area contributed by atoms with E-state index in [9.17, 15) is 14.4 Å². The van der Waals surface area contributed by atoms with E-state index in [0.717, 1.165) is 19.3 Å². The molecular formula is C17H29N3O5. The third kappa shape index (κ3) is 8.11. The van der Waals surface area contributed by atoms with E-state index in [2.05, 4.69) is 5.32 Å². The van der Waals surface area contributed by atoms with E-state index >= 15 is 0 Å². The highest BCUT2D eigenvalue weighted by Gasteiger charge is 2.50. The molecule has 1 aliphatic heterocycles. The van der Waals surface area contributed by atoms with Gasteiger partial charge in [0.15, 0.2) is 18.0 Å². The van der Waals surface area contributed by atoms with Crippen LogP contribution in [0.2, 0.25) is 0 Å². The first-order valence-corrected chi connectivity index (χ1v) is 8.74. The number of unbranched alkanes of at least 4 members (excludes halogenated alkanes) is 2. The van der Waals surface area contributed by atoms with Crippen LogP contribution in [0, 0.1) is 17.2 Å². The minimum Gasteiger partial charge on any atom is -0.479 e. The molecule has 25 heavy (non-hydrogen) atoms. The molecule has 5 N–H and O–H groups in total. The Morgan fingerprint density at radius 3 is 2.40 bits per heavy atom. The summed E-state index contributed by atoms with van der Waals surface area (Å²) in [6.45, 7) is 4.46. The van der Waals surface area contributed by atoms with Crippen LogP contribution in [0.1, 0.15) is 52.4 Å². The number of nitrogens with one attached hydrogen (secondary N) is 2. The number of aliphatic carboxylic acids is 1. The van der Waals surface area contributed by atoms with Gasteiger partial charge in [-0.1, -0.05) is 20.3 Å². The fourth-order valence-electron chi connectivity index (χ4n) is 2.73. The van der Waals surface area contributed by atoms with E-state index in [1.54, 1.807) is 0 Å². The fourth-order valence-corrected chi connectivity index (χ4v) is 2.73. The number of rotatable bonds is 13. The van der Waals surface area contributed by atoms with E-state index in [1.807, 2.05) is 13.8 Å². The number of ketones is 1. The summed E-state index contributed by atoms with van der Waals surface area (Å²) in [7, 11) is 0. The molecule has 3 atom stereocenters. The Hall–Kier alpha value is -1.96. The number of hydrogen-bond acceptors (Lipinski definition) is 5. The summed E-state index contributed by atoms with van der Waals surface area (Å²) in [5.41, 5.74) is 5.28. The lowest BCUT2D eigenvalue weighted by Gasteiger charge is -2.18. The highest BCUT2D eigenvalue weighted by Crippen LogP contribution is 2.27. The van der Waals surface area contributed by atoms with Crippen LogP contribution in [0.15, 0.2) is 0 Å². The van der Waals surface area contributed by atoms with Crippen molar-refractivity contribution in [3.63, 3.8) is 0 Å². The molecule has 0 aromatic carbocycles. The van der Waals surface area contributed by atoms with Crippen molar-refractivity contribution in [3.8, 4) is 0 Å². The molecule has 0 unspecified atom stereocenters. The predicted molar refractivity (Wildman–Crippen MR) is 92.3 cm³/mol. The van der Waals surface area contributed by atoms with Gasteiger partial charge >= 0.3 is 5.97 Å². The molecule has 8 nitrogen and oxygen atoms in total. The maximum absolute atomic E-state index is 12.3. The number of carbonyl (C=O) groups excluding carboxylic acids is 2. The number of amides is 1. The maximum atomic E-state index is 12.3. The van der Waals surface area contributed by atoms with Crippen molar-refractivity contribution in [2.24, 2.45) is 17.6 Å². The second-order valence-electron chi connectivity index (χ2n) is 6.94. The van der Waals surface area contributed by atoms with Crippen molar-refractivity contribution >= 4 is 23.5 Å². The van der Waals surface area contributed by atoms with Gasteiger partial charge in [-0.15, -0.1) is 0 Å². The van der Waals surface area contributed by atoms with Crippen molar-refractivity contribution in [2.75, 3.05) is 6.54 Å². The Morgan fingerprint density at radius 1 is 1.20 bits per heavy atom. The average Bonchev–Trinajstić information content (AvgIpc) is 3.29. The molecule has 1 fully saturated rings. The van der Waals surface area contributed by atoms with E-state index < -0.39 is 24.1 Å². The molecule has 1 heterocycles. The van der Waals surface area contributed by atoms with Crippen LogP contribution in [0.5, 0.6) is 0 Å². The van der Waals surface area contributed by atoms with Gasteiger partial charge in [0.1, 0.15) is 0 Å². The summed E-state index contributed by atoms with van der Waals surface area (Å²) in [5, 5.41) is 18.8. The molecule has 1 aliphatic rings. The first kappa shape index (κ1) is 21.1. The van der Waals surface area contributed by atoms with Crippen LogP contribution >= 0.6 is 0 Å². The largest absolute Gasteiger partial charge is 0.479 e. The number of hydrogen-bond donors (Lipinski definition) is 4. The van der Waals surface area contributed by atoms with E-state index in [1.165, 1.54) is 0 Å². The SMILES string of the molecule is CC(C)C[C@H](CC(=O)[C@H]1O[C@@H]1C(=O)O)C(=O)NCCCCCC(=N)N. The Balaban J connectivity index is 2.38. The molecule has 1 amide bonds. The summed E-state index contributed by atoms with van der Waals surface area (Å²) in [4.78, 5) is 35.2. The van der Waals surface area contributed by atoms with Gasteiger partial charge in [-0.2, -0.15) is 0 Å². The minimum atomic E-state index is -1.14. The van der Waals surface area contributed by atoms with E-state index in [4.69, 9.17) is 21.0 Å². The van der Waals surface area contributed by atoms with Crippen LogP contribution < -0.4 is 11.1 Å². The standard InChI is InChI=1S/C17H29N3O5/c1-10(2)8-11(9-12(21)14-15(25-14)17(23)24)16(22)20-7-5-3-4-6-13(18)19/h10-11,14-15H,3-9H2,1-2H3,(H3,18,19)(H,20,22)(H,23,24)/t11-,14-,15+/m1/s1. The van der Waals surface area contributed by atoms with Crippen molar-refractivity contribution < 1.29 is 24.2 Å². The number of nitrogens with two attached hydrogens (primary N) is 1. The van der Waals surface area contributed by atoms with Crippen molar-refractivity contribution in [2.45, 2.75) is 64.6 Å². The highest BCUT2D eigenvalue weighted by molar-refractivity contribution is 5.95. The van der Waals surface area contributed by atoms with Gasteiger partial charge in [-0.05, 0) is 25.2 Å². The average molecular weight is 355 g/mol. The van der Waals surface area contributed by atoms with Crippen LogP contribution in [-0.2, 0) is 19.1 Å². The summed E-state index contributed by atoms with van der Waals surface area (Å²) < 4.78 is 4.86. The molecule has 142 valence electrons. The van der Waals surface area contributed by atoms with Gasteiger partial charge in [0.05, 0.1) is 5.84 Å². The number of carbonyl (C=O) groups is 3. The zero-order valence-electron chi connectivity index (χ0n) is 14.9. The van der Waals surface area contributed by atoms with Gasteiger partial charge in [0.2, 0.25) is 5.91 Å². The molecular weight excluding hydrogens is 326 g/mol. The van der Waals surface area contributed by atoms with E-state index in [-0.39, 0.29) is 29.9 Å². The fraction of sp³-hybridized carbons (Fsp3) is 0.765. The van der Waals surface area contributed by atoms with Crippen molar-refractivity contribution in [1.82, 2.24) is 5.32 Å². The number of Topliss-reactive ketones (excluding diaryl/α,β-unsaturated/α-hetero) is 1.